The van der Waals surface area contributed by atoms with E-state index in [9.17, 15) is 4.79 Å². The molecule has 1 atom stereocenters. The van der Waals surface area contributed by atoms with Gasteiger partial charge in [0.25, 0.3) is 0 Å². The van der Waals surface area contributed by atoms with Crippen LogP contribution >= 0.6 is 0 Å². The second-order valence-electron chi connectivity index (χ2n) is 6.74. The quantitative estimate of drug-likeness (QED) is 0.636. The summed E-state index contributed by atoms with van der Waals surface area (Å²) in [6.07, 6.45) is 3.64. The lowest BCUT2D eigenvalue weighted by Crippen LogP contribution is -2.49. The van der Waals surface area contributed by atoms with E-state index in [4.69, 9.17) is 9.47 Å². The van der Waals surface area contributed by atoms with Crippen molar-refractivity contribution in [3.05, 3.63) is 59.9 Å². The molecule has 1 aliphatic rings. The molecule has 28 heavy (non-hydrogen) atoms. The smallest absolute Gasteiger partial charge is 0.234 e. The molecule has 1 amide bonds. The van der Waals surface area contributed by atoms with Crippen LogP contribution in [0.2, 0.25) is 0 Å². The number of methoxy groups -OCH3 is 1. The number of aromatic nitrogens is 1. The molecule has 0 aliphatic carbocycles. The number of amides is 1. The predicted octanol–water partition coefficient (Wildman–Crippen LogP) is 1.37. The van der Waals surface area contributed by atoms with Crippen LogP contribution in [0, 0.1) is 0 Å². The normalized spacial score (nSPS) is 17.2. The van der Waals surface area contributed by atoms with E-state index in [1.807, 2.05) is 36.5 Å². The van der Waals surface area contributed by atoms with E-state index in [0.29, 0.717) is 26.3 Å². The number of ether oxygens (including phenoxy) is 2. The zero-order valence-electron chi connectivity index (χ0n) is 16.3. The Morgan fingerprint density at radius 3 is 2.89 bits per heavy atom. The van der Waals surface area contributed by atoms with Crippen molar-refractivity contribution < 1.29 is 14.3 Å². The van der Waals surface area contributed by atoms with Crippen molar-refractivity contribution in [2.75, 3.05) is 46.5 Å². The summed E-state index contributed by atoms with van der Waals surface area (Å²) >= 11 is 0. The molecule has 0 saturated carbocycles. The van der Waals surface area contributed by atoms with Gasteiger partial charge in [0.05, 0.1) is 13.2 Å². The highest BCUT2D eigenvalue weighted by molar-refractivity contribution is 5.78. The molecule has 1 saturated heterocycles. The molecule has 3 rings (SSSR count). The second kappa shape index (κ2) is 10.8. The largest absolute Gasteiger partial charge is 0.491 e. The fourth-order valence-corrected chi connectivity index (χ4v) is 3.22. The van der Waals surface area contributed by atoms with Crippen LogP contribution in [0.15, 0.2) is 48.8 Å². The molecule has 1 aromatic carbocycles. The van der Waals surface area contributed by atoms with E-state index in [-0.39, 0.29) is 11.9 Å². The fourth-order valence-electron chi connectivity index (χ4n) is 3.22. The molecule has 7 heteroatoms. The fraction of sp³-hybridized carbons (Fsp3) is 0.429. The summed E-state index contributed by atoms with van der Waals surface area (Å²) in [5.74, 6) is 0.823. The lowest BCUT2D eigenvalue weighted by Gasteiger charge is -2.35. The number of hydrogen-bond donors (Lipinski definition) is 2. The molecule has 0 bridgehead atoms. The van der Waals surface area contributed by atoms with Gasteiger partial charge in [0.2, 0.25) is 5.91 Å². The van der Waals surface area contributed by atoms with Crippen LogP contribution in [0.1, 0.15) is 17.2 Å². The number of carbonyl (C=O) groups is 1. The van der Waals surface area contributed by atoms with E-state index in [1.165, 1.54) is 0 Å². The Hall–Kier alpha value is -2.48. The van der Waals surface area contributed by atoms with Crippen molar-refractivity contribution in [3.63, 3.8) is 0 Å². The standard InChI is InChI=1S/C21H28N4O3/c1-27-11-12-28-19-6-4-17(5-7-19)13-24-21(26)16-25-10-9-23-15-20(25)18-3-2-8-22-14-18/h2-8,14,20,23H,9-13,15-16H2,1H3,(H,24,26). The summed E-state index contributed by atoms with van der Waals surface area (Å²) in [7, 11) is 1.65. The van der Waals surface area contributed by atoms with E-state index in [0.717, 1.165) is 36.5 Å². The first kappa shape index (κ1) is 20.3. The number of piperazine rings is 1. The van der Waals surface area contributed by atoms with Crippen molar-refractivity contribution in [2.24, 2.45) is 0 Å². The maximum absolute atomic E-state index is 12.5. The number of nitrogens with zero attached hydrogens (tertiary/aromatic N) is 2. The molecule has 1 unspecified atom stereocenters. The first-order chi connectivity index (χ1) is 13.8. The number of rotatable bonds is 9. The third-order valence-electron chi connectivity index (χ3n) is 4.74. The molecule has 0 radical (unpaired) electrons. The third kappa shape index (κ3) is 6.02. The van der Waals surface area contributed by atoms with Crippen LogP contribution in [-0.4, -0.2) is 62.3 Å². The first-order valence-corrected chi connectivity index (χ1v) is 9.58. The van der Waals surface area contributed by atoms with Crippen LogP contribution in [-0.2, 0) is 16.1 Å². The van der Waals surface area contributed by atoms with Gasteiger partial charge >= 0.3 is 0 Å². The highest BCUT2D eigenvalue weighted by Gasteiger charge is 2.25. The van der Waals surface area contributed by atoms with Gasteiger partial charge in [-0.15, -0.1) is 0 Å². The van der Waals surface area contributed by atoms with Crippen molar-refractivity contribution in [1.29, 1.82) is 0 Å². The summed E-state index contributed by atoms with van der Waals surface area (Å²) in [5.41, 5.74) is 2.17. The summed E-state index contributed by atoms with van der Waals surface area (Å²) in [5, 5.41) is 6.41. The van der Waals surface area contributed by atoms with Crippen LogP contribution in [0.5, 0.6) is 5.75 Å². The van der Waals surface area contributed by atoms with Crippen molar-refractivity contribution >= 4 is 5.91 Å². The average molecular weight is 384 g/mol. The topological polar surface area (TPSA) is 75.7 Å². The summed E-state index contributed by atoms with van der Waals surface area (Å²) < 4.78 is 10.5. The minimum Gasteiger partial charge on any atom is -0.491 e. The van der Waals surface area contributed by atoms with Gasteiger partial charge in [0, 0.05) is 51.7 Å². The zero-order valence-corrected chi connectivity index (χ0v) is 16.3. The van der Waals surface area contributed by atoms with Gasteiger partial charge in [-0.25, -0.2) is 0 Å². The van der Waals surface area contributed by atoms with Gasteiger partial charge in [-0.3, -0.25) is 14.7 Å². The van der Waals surface area contributed by atoms with Gasteiger partial charge in [-0.1, -0.05) is 18.2 Å². The Balaban J connectivity index is 1.48. The Morgan fingerprint density at radius 2 is 2.14 bits per heavy atom. The van der Waals surface area contributed by atoms with Crippen LogP contribution in [0.25, 0.3) is 0 Å². The van der Waals surface area contributed by atoms with Crippen molar-refractivity contribution in [1.82, 2.24) is 20.5 Å². The lowest BCUT2D eigenvalue weighted by molar-refractivity contribution is -0.123. The minimum atomic E-state index is 0.0243. The van der Waals surface area contributed by atoms with Gasteiger partial charge < -0.3 is 20.1 Å². The van der Waals surface area contributed by atoms with Gasteiger partial charge in [-0.05, 0) is 29.3 Å². The van der Waals surface area contributed by atoms with Crippen LogP contribution in [0.4, 0.5) is 0 Å². The van der Waals surface area contributed by atoms with Crippen molar-refractivity contribution in [2.45, 2.75) is 12.6 Å². The Kier molecular flexibility index (Phi) is 7.78. The molecular weight excluding hydrogens is 356 g/mol. The van der Waals surface area contributed by atoms with Gasteiger partial charge in [0.1, 0.15) is 12.4 Å². The molecule has 150 valence electrons. The molecule has 1 aliphatic heterocycles. The molecule has 2 aromatic rings. The SMILES string of the molecule is COCCOc1ccc(CNC(=O)CN2CCNCC2c2cccnc2)cc1. The molecule has 7 nitrogen and oxygen atoms in total. The Labute approximate surface area is 166 Å². The van der Waals surface area contributed by atoms with E-state index < -0.39 is 0 Å². The molecular formula is C21H28N4O3. The lowest BCUT2D eigenvalue weighted by atomic mass is 10.1. The first-order valence-electron chi connectivity index (χ1n) is 9.58. The maximum Gasteiger partial charge on any atom is 0.234 e. The molecule has 2 N–H and O–H groups in total. The number of carbonyl (C=O) groups excluding carboxylic acids is 1. The summed E-state index contributed by atoms with van der Waals surface area (Å²) in [4.78, 5) is 18.9. The maximum atomic E-state index is 12.5. The average Bonchev–Trinajstić information content (AvgIpc) is 2.74. The van der Waals surface area contributed by atoms with Crippen LogP contribution < -0.4 is 15.4 Å². The molecule has 1 fully saturated rings. The Morgan fingerprint density at radius 1 is 1.29 bits per heavy atom. The van der Waals surface area contributed by atoms with E-state index in [1.54, 1.807) is 13.3 Å². The zero-order chi connectivity index (χ0) is 19.6. The second-order valence-corrected chi connectivity index (χ2v) is 6.74. The van der Waals surface area contributed by atoms with Gasteiger partial charge in [0.15, 0.2) is 0 Å². The number of hydrogen-bond acceptors (Lipinski definition) is 6. The highest BCUT2D eigenvalue weighted by atomic mass is 16.5. The summed E-state index contributed by atoms with van der Waals surface area (Å²) in [6.45, 7) is 4.50. The third-order valence-corrected chi connectivity index (χ3v) is 4.74. The molecule has 1 aromatic heterocycles. The monoisotopic (exact) mass is 384 g/mol. The molecule has 0 spiro atoms. The predicted molar refractivity (Wildman–Crippen MR) is 107 cm³/mol. The van der Waals surface area contributed by atoms with Crippen LogP contribution in [0.3, 0.4) is 0 Å². The summed E-state index contributed by atoms with van der Waals surface area (Å²) in [6, 6.07) is 11.9. The van der Waals surface area contributed by atoms with E-state index in [2.05, 4.69) is 26.6 Å². The number of benzene rings is 1. The van der Waals surface area contributed by atoms with Gasteiger partial charge in [-0.2, -0.15) is 0 Å². The number of nitrogens with one attached hydrogen (secondary N) is 2. The van der Waals surface area contributed by atoms with E-state index >= 15 is 0 Å². The number of pyridine rings is 1. The minimum absolute atomic E-state index is 0.0243. The highest BCUT2D eigenvalue weighted by Crippen LogP contribution is 2.20. The Bertz CT molecular complexity index is 724. The van der Waals surface area contributed by atoms with Crippen molar-refractivity contribution in [3.8, 4) is 5.75 Å². The molecule has 2 heterocycles.